The van der Waals surface area contributed by atoms with Gasteiger partial charge >= 0.3 is 0 Å². The Bertz CT molecular complexity index is 1300. The molecule has 1 aliphatic carbocycles. The molecule has 1 heterocycles. The van der Waals surface area contributed by atoms with E-state index < -0.39 is 10.0 Å². The molecular formula is C26H26N2O3S. The number of allylic oxidation sites excluding steroid dienone is 2. The topological polar surface area (TPSA) is 67.4 Å². The number of ether oxygens (including phenoxy) is 1. The van der Waals surface area contributed by atoms with Gasteiger partial charge in [0.15, 0.2) is 0 Å². The largest absolute Gasteiger partial charge is 0.497 e. The summed E-state index contributed by atoms with van der Waals surface area (Å²) in [6.45, 7) is 2.11. The number of methoxy groups -OCH3 is 1. The van der Waals surface area contributed by atoms with Crippen molar-refractivity contribution in [1.29, 1.82) is 0 Å². The third kappa shape index (κ3) is 3.75. The lowest BCUT2D eigenvalue weighted by Crippen LogP contribution is -2.29. The van der Waals surface area contributed by atoms with Gasteiger partial charge in [0, 0.05) is 17.7 Å². The molecular weight excluding hydrogens is 420 g/mol. The van der Waals surface area contributed by atoms with Gasteiger partial charge < -0.3 is 10.1 Å². The van der Waals surface area contributed by atoms with Crippen LogP contribution in [-0.4, -0.2) is 15.5 Å². The fourth-order valence-corrected chi connectivity index (χ4v) is 5.92. The number of sulfonamides is 1. The number of hydrogen-bond acceptors (Lipinski definition) is 4. The third-order valence-electron chi connectivity index (χ3n) is 6.37. The van der Waals surface area contributed by atoms with E-state index in [-0.39, 0.29) is 16.9 Å². The first-order valence-corrected chi connectivity index (χ1v) is 12.2. The quantitative estimate of drug-likeness (QED) is 0.499. The van der Waals surface area contributed by atoms with Crippen LogP contribution in [-0.2, 0) is 10.0 Å². The number of hydrogen-bond donors (Lipinski definition) is 2. The van der Waals surface area contributed by atoms with E-state index in [4.69, 9.17) is 4.74 Å². The summed E-state index contributed by atoms with van der Waals surface area (Å²) in [5.41, 5.74) is 5.00. The highest BCUT2D eigenvalue weighted by molar-refractivity contribution is 7.92. The molecule has 0 spiro atoms. The summed E-state index contributed by atoms with van der Waals surface area (Å²) in [5.74, 6) is 1.14. The lowest BCUT2D eigenvalue weighted by Gasteiger charge is -2.37. The average molecular weight is 447 g/mol. The molecule has 164 valence electrons. The second-order valence-corrected chi connectivity index (χ2v) is 10.2. The van der Waals surface area contributed by atoms with E-state index in [0.717, 1.165) is 17.7 Å². The van der Waals surface area contributed by atoms with Crippen LogP contribution in [0.4, 0.5) is 11.4 Å². The van der Waals surface area contributed by atoms with Crippen LogP contribution in [0.1, 0.15) is 35.1 Å². The predicted octanol–water partition coefficient (Wildman–Crippen LogP) is 5.63. The molecule has 32 heavy (non-hydrogen) atoms. The molecule has 0 bridgehead atoms. The van der Waals surface area contributed by atoms with Crippen molar-refractivity contribution in [3.8, 4) is 5.75 Å². The number of rotatable bonds is 5. The molecule has 1 aliphatic heterocycles. The average Bonchev–Trinajstić information content (AvgIpc) is 3.28. The van der Waals surface area contributed by atoms with Gasteiger partial charge in [-0.15, -0.1) is 0 Å². The van der Waals surface area contributed by atoms with E-state index in [2.05, 4.69) is 53.4 Å². The third-order valence-corrected chi connectivity index (χ3v) is 7.75. The second kappa shape index (κ2) is 8.02. The Morgan fingerprint density at radius 1 is 1.03 bits per heavy atom. The van der Waals surface area contributed by atoms with E-state index in [9.17, 15) is 8.42 Å². The standard InChI is InChI=1S/C26H26N2O3S/c1-17-6-3-7-18(14-17)26-23-11-5-10-22(23)24-16-21(12-13-25(24)27-26)32(29,30)28-19-8-4-9-20(15-19)31-2/h3-10,12-16,22-23,26-28H,11H2,1-2H3/t22-,23+,26-/m0/s1. The minimum absolute atomic E-state index is 0.184. The SMILES string of the molecule is COc1cccc(NS(=O)(=O)c2ccc3c(c2)[C@H]2C=CC[C@H]2[C@H](c2cccc(C)c2)N3)c1. The lowest BCUT2D eigenvalue weighted by atomic mass is 9.77. The first-order valence-electron chi connectivity index (χ1n) is 10.8. The van der Waals surface area contributed by atoms with Crippen molar-refractivity contribution in [2.45, 2.75) is 30.2 Å². The second-order valence-electron chi connectivity index (χ2n) is 8.48. The van der Waals surface area contributed by atoms with Crippen molar-refractivity contribution in [3.05, 3.63) is 95.6 Å². The van der Waals surface area contributed by atoms with Gasteiger partial charge in [0.05, 0.1) is 23.7 Å². The molecule has 3 atom stereocenters. The van der Waals surface area contributed by atoms with Crippen molar-refractivity contribution in [2.75, 3.05) is 17.1 Å². The Morgan fingerprint density at radius 3 is 2.69 bits per heavy atom. The molecule has 3 aromatic carbocycles. The molecule has 5 rings (SSSR count). The van der Waals surface area contributed by atoms with Gasteiger partial charge in [-0.1, -0.05) is 48.0 Å². The summed E-state index contributed by atoms with van der Waals surface area (Å²) in [7, 11) is -2.17. The van der Waals surface area contributed by atoms with Crippen molar-refractivity contribution in [2.24, 2.45) is 5.92 Å². The molecule has 0 fully saturated rings. The Kier molecular flexibility index (Phi) is 5.18. The Morgan fingerprint density at radius 2 is 1.88 bits per heavy atom. The molecule has 5 nitrogen and oxygen atoms in total. The van der Waals surface area contributed by atoms with Crippen molar-refractivity contribution in [3.63, 3.8) is 0 Å². The maximum absolute atomic E-state index is 13.1. The Hall–Kier alpha value is -3.25. The van der Waals surface area contributed by atoms with Gasteiger partial charge in [-0.2, -0.15) is 0 Å². The van der Waals surface area contributed by atoms with Crippen LogP contribution in [0.3, 0.4) is 0 Å². The highest BCUT2D eigenvalue weighted by Crippen LogP contribution is 2.50. The van der Waals surface area contributed by atoms with E-state index in [0.29, 0.717) is 17.4 Å². The van der Waals surface area contributed by atoms with Crippen LogP contribution in [0.15, 0.2) is 83.8 Å². The normalized spacial score (nSPS) is 21.4. The van der Waals surface area contributed by atoms with Crippen LogP contribution in [0.25, 0.3) is 0 Å². The lowest BCUT2D eigenvalue weighted by molar-refractivity contribution is 0.415. The summed E-state index contributed by atoms with van der Waals surface area (Å²) >= 11 is 0. The van der Waals surface area contributed by atoms with Gasteiger partial charge in [-0.3, -0.25) is 4.72 Å². The first kappa shape index (κ1) is 20.6. The molecule has 0 saturated heterocycles. The summed E-state index contributed by atoms with van der Waals surface area (Å²) in [4.78, 5) is 0.258. The van der Waals surface area contributed by atoms with Crippen molar-refractivity contribution in [1.82, 2.24) is 0 Å². The molecule has 0 unspecified atom stereocenters. The van der Waals surface area contributed by atoms with Crippen LogP contribution in [0.5, 0.6) is 5.75 Å². The molecule has 0 amide bonds. The molecule has 2 aliphatic rings. The van der Waals surface area contributed by atoms with Gasteiger partial charge in [-0.25, -0.2) is 8.42 Å². The van der Waals surface area contributed by atoms with Crippen LogP contribution in [0, 0.1) is 12.8 Å². The fourth-order valence-electron chi connectivity index (χ4n) is 4.83. The maximum atomic E-state index is 13.1. The van der Waals surface area contributed by atoms with E-state index >= 15 is 0 Å². The zero-order chi connectivity index (χ0) is 22.3. The fraction of sp³-hybridized carbons (Fsp3) is 0.231. The number of aryl methyl sites for hydroxylation is 1. The van der Waals surface area contributed by atoms with E-state index in [1.54, 1.807) is 37.4 Å². The number of fused-ring (bicyclic) bond motifs is 3. The van der Waals surface area contributed by atoms with Gasteiger partial charge in [0.25, 0.3) is 10.0 Å². The van der Waals surface area contributed by atoms with E-state index in [1.807, 2.05) is 12.1 Å². The van der Waals surface area contributed by atoms with E-state index in [1.165, 1.54) is 11.1 Å². The maximum Gasteiger partial charge on any atom is 0.261 e. The molecule has 3 aromatic rings. The van der Waals surface area contributed by atoms with Gasteiger partial charge in [0.2, 0.25) is 0 Å². The molecule has 0 saturated carbocycles. The van der Waals surface area contributed by atoms with Crippen molar-refractivity contribution >= 4 is 21.4 Å². The van der Waals surface area contributed by atoms with Crippen LogP contribution < -0.4 is 14.8 Å². The molecule has 6 heteroatoms. The minimum Gasteiger partial charge on any atom is -0.497 e. The molecule has 0 aromatic heterocycles. The Labute approximate surface area is 189 Å². The van der Waals surface area contributed by atoms with Gasteiger partial charge in [-0.05, 0) is 60.7 Å². The summed E-state index contributed by atoms with van der Waals surface area (Å²) < 4.78 is 34.1. The first-order chi connectivity index (χ1) is 15.4. The molecule has 0 radical (unpaired) electrons. The summed E-state index contributed by atoms with van der Waals surface area (Å²) in [6, 6.07) is 21.1. The minimum atomic E-state index is -3.73. The van der Waals surface area contributed by atoms with Crippen LogP contribution in [0.2, 0.25) is 0 Å². The highest BCUT2D eigenvalue weighted by Gasteiger charge is 2.38. The summed E-state index contributed by atoms with van der Waals surface area (Å²) in [5, 5.41) is 3.68. The van der Waals surface area contributed by atoms with Gasteiger partial charge in [0.1, 0.15) is 5.75 Å². The number of anilines is 2. The van der Waals surface area contributed by atoms with Crippen molar-refractivity contribution < 1.29 is 13.2 Å². The smallest absolute Gasteiger partial charge is 0.261 e. The zero-order valence-electron chi connectivity index (χ0n) is 18.1. The highest BCUT2D eigenvalue weighted by atomic mass is 32.2. The number of benzene rings is 3. The summed E-state index contributed by atoms with van der Waals surface area (Å²) in [6.07, 6.45) is 5.40. The Balaban J connectivity index is 1.48. The zero-order valence-corrected chi connectivity index (χ0v) is 18.9. The number of nitrogens with one attached hydrogen (secondary N) is 2. The molecule has 2 N–H and O–H groups in total. The monoisotopic (exact) mass is 446 g/mol. The predicted molar refractivity (Wildman–Crippen MR) is 128 cm³/mol. The van der Waals surface area contributed by atoms with Crippen LogP contribution >= 0.6 is 0 Å².